The predicted octanol–water partition coefficient (Wildman–Crippen LogP) is 2.88. The summed E-state index contributed by atoms with van der Waals surface area (Å²) in [5, 5.41) is 12.4. The summed E-state index contributed by atoms with van der Waals surface area (Å²) in [6.45, 7) is 7.33. The normalized spacial score (nSPS) is 13.7. The summed E-state index contributed by atoms with van der Waals surface area (Å²) < 4.78 is 12.8. The fraction of sp³-hybridized carbons (Fsp3) is 0.571. The van der Waals surface area contributed by atoms with Crippen LogP contribution in [-0.2, 0) is 0 Å². The zero-order valence-corrected chi connectivity index (χ0v) is 10.8. The number of aliphatic hydroxyl groups is 1. The van der Waals surface area contributed by atoms with Gasteiger partial charge in [0.2, 0.25) is 0 Å². The number of halogens is 1. The van der Waals surface area contributed by atoms with Crippen molar-refractivity contribution in [2.45, 2.75) is 33.2 Å². The number of benzene rings is 1. The highest BCUT2D eigenvalue weighted by Gasteiger charge is 2.18. The van der Waals surface area contributed by atoms with Crippen LogP contribution in [0.3, 0.4) is 0 Å². The van der Waals surface area contributed by atoms with Gasteiger partial charge in [-0.3, -0.25) is 0 Å². The maximum Gasteiger partial charge on any atom is 0.123 e. The third-order valence-corrected chi connectivity index (χ3v) is 3.05. The number of hydrogen-bond acceptors (Lipinski definition) is 2. The van der Waals surface area contributed by atoms with Crippen molar-refractivity contribution < 1.29 is 9.50 Å². The van der Waals surface area contributed by atoms with Gasteiger partial charge in [-0.05, 0) is 36.5 Å². The average molecular weight is 239 g/mol. The molecule has 1 atom stereocenters. The Bertz CT molecular complexity index is 335. The van der Waals surface area contributed by atoms with Gasteiger partial charge in [-0.2, -0.15) is 0 Å². The van der Waals surface area contributed by atoms with Crippen molar-refractivity contribution in [3.63, 3.8) is 0 Å². The second-order valence-electron chi connectivity index (χ2n) is 5.29. The Balaban J connectivity index is 2.49. The van der Waals surface area contributed by atoms with Crippen molar-refractivity contribution in [1.82, 2.24) is 5.32 Å². The van der Waals surface area contributed by atoms with Gasteiger partial charge in [-0.25, -0.2) is 4.39 Å². The first-order valence-electron chi connectivity index (χ1n) is 6.04. The van der Waals surface area contributed by atoms with Gasteiger partial charge in [0.05, 0.1) is 0 Å². The van der Waals surface area contributed by atoms with Crippen molar-refractivity contribution in [2.24, 2.45) is 5.41 Å². The molecule has 0 aliphatic heterocycles. The lowest BCUT2D eigenvalue weighted by Crippen LogP contribution is -2.32. The summed E-state index contributed by atoms with van der Waals surface area (Å²) >= 11 is 0. The van der Waals surface area contributed by atoms with Crippen LogP contribution < -0.4 is 5.32 Å². The first-order valence-corrected chi connectivity index (χ1v) is 6.04. The Morgan fingerprint density at radius 3 is 2.41 bits per heavy atom. The standard InChI is InChI=1S/C14H22FNO/c1-11(12-4-6-13(15)7-5-12)16-10-14(2,3)8-9-17/h4-7,11,16-17H,8-10H2,1-3H3. The van der Waals surface area contributed by atoms with Gasteiger partial charge < -0.3 is 10.4 Å². The first kappa shape index (κ1) is 14.1. The molecule has 17 heavy (non-hydrogen) atoms. The molecule has 1 rings (SSSR count). The van der Waals surface area contributed by atoms with E-state index in [0.29, 0.717) is 0 Å². The summed E-state index contributed by atoms with van der Waals surface area (Å²) in [5.41, 5.74) is 1.15. The minimum atomic E-state index is -0.207. The van der Waals surface area contributed by atoms with Crippen LogP contribution in [0, 0.1) is 11.2 Å². The Morgan fingerprint density at radius 2 is 1.88 bits per heavy atom. The molecule has 96 valence electrons. The van der Waals surface area contributed by atoms with E-state index in [1.807, 2.05) is 0 Å². The molecule has 0 heterocycles. The lowest BCUT2D eigenvalue weighted by molar-refractivity contribution is 0.203. The van der Waals surface area contributed by atoms with Crippen LogP contribution >= 0.6 is 0 Å². The van der Waals surface area contributed by atoms with Crippen molar-refractivity contribution in [2.75, 3.05) is 13.2 Å². The second kappa shape index (κ2) is 6.12. The zero-order valence-electron chi connectivity index (χ0n) is 10.8. The van der Waals surface area contributed by atoms with Crippen LogP contribution in [0.15, 0.2) is 24.3 Å². The van der Waals surface area contributed by atoms with E-state index < -0.39 is 0 Å². The molecule has 0 aliphatic rings. The highest BCUT2D eigenvalue weighted by atomic mass is 19.1. The van der Waals surface area contributed by atoms with E-state index in [9.17, 15) is 4.39 Å². The van der Waals surface area contributed by atoms with Gasteiger partial charge in [-0.1, -0.05) is 26.0 Å². The molecule has 0 spiro atoms. The Kier molecular flexibility index (Phi) is 5.09. The van der Waals surface area contributed by atoms with E-state index in [-0.39, 0.29) is 23.9 Å². The molecule has 0 saturated carbocycles. The van der Waals surface area contributed by atoms with Crippen LogP contribution in [0.1, 0.15) is 38.8 Å². The van der Waals surface area contributed by atoms with Gasteiger partial charge in [0.15, 0.2) is 0 Å². The van der Waals surface area contributed by atoms with Gasteiger partial charge in [-0.15, -0.1) is 0 Å². The molecule has 3 heteroatoms. The summed E-state index contributed by atoms with van der Waals surface area (Å²) in [4.78, 5) is 0. The van der Waals surface area contributed by atoms with E-state index in [1.165, 1.54) is 12.1 Å². The molecule has 0 amide bonds. The van der Waals surface area contributed by atoms with Crippen molar-refractivity contribution in [1.29, 1.82) is 0 Å². The molecule has 1 aromatic rings. The maximum atomic E-state index is 12.8. The first-order chi connectivity index (χ1) is 7.94. The maximum absolute atomic E-state index is 12.8. The summed E-state index contributed by atoms with van der Waals surface area (Å²) in [5.74, 6) is -0.207. The highest BCUT2D eigenvalue weighted by molar-refractivity contribution is 5.19. The summed E-state index contributed by atoms with van der Waals surface area (Å²) in [6, 6.07) is 6.74. The second-order valence-corrected chi connectivity index (χ2v) is 5.29. The van der Waals surface area contributed by atoms with E-state index in [4.69, 9.17) is 5.11 Å². The average Bonchev–Trinajstić information content (AvgIpc) is 2.27. The van der Waals surface area contributed by atoms with Gasteiger partial charge in [0, 0.05) is 19.2 Å². The quantitative estimate of drug-likeness (QED) is 0.800. The summed E-state index contributed by atoms with van der Waals surface area (Å²) in [7, 11) is 0. The van der Waals surface area contributed by atoms with E-state index in [1.54, 1.807) is 12.1 Å². The largest absolute Gasteiger partial charge is 0.396 e. The minimum Gasteiger partial charge on any atom is -0.396 e. The molecule has 0 bridgehead atoms. The molecule has 0 radical (unpaired) electrons. The predicted molar refractivity (Wildman–Crippen MR) is 68.3 cm³/mol. The number of nitrogens with one attached hydrogen (secondary N) is 1. The molecule has 0 fully saturated rings. The number of rotatable bonds is 6. The fourth-order valence-electron chi connectivity index (χ4n) is 1.69. The topological polar surface area (TPSA) is 32.3 Å². The molecule has 1 aromatic carbocycles. The van der Waals surface area contributed by atoms with E-state index >= 15 is 0 Å². The smallest absolute Gasteiger partial charge is 0.123 e. The van der Waals surface area contributed by atoms with Crippen LogP contribution in [-0.4, -0.2) is 18.3 Å². The molecule has 2 N–H and O–H groups in total. The minimum absolute atomic E-state index is 0.0725. The molecule has 0 aliphatic carbocycles. The van der Waals surface area contributed by atoms with Crippen molar-refractivity contribution in [3.05, 3.63) is 35.6 Å². The van der Waals surface area contributed by atoms with Crippen molar-refractivity contribution >= 4 is 0 Å². The molecule has 1 unspecified atom stereocenters. The molecule has 2 nitrogen and oxygen atoms in total. The Labute approximate surface area is 103 Å². The summed E-state index contributed by atoms with van der Waals surface area (Å²) in [6.07, 6.45) is 0.774. The third kappa shape index (κ3) is 4.84. The van der Waals surface area contributed by atoms with E-state index in [0.717, 1.165) is 18.5 Å². The highest BCUT2D eigenvalue weighted by Crippen LogP contribution is 2.20. The Hall–Kier alpha value is -0.930. The van der Waals surface area contributed by atoms with Crippen LogP contribution in [0.5, 0.6) is 0 Å². The monoisotopic (exact) mass is 239 g/mol. The molecular weight excluding hydrogens is 217 g/mol. The number of aliphatic hydroxyl groups excluding tert-OH is 1. The van der Waals surface area contributed by atoms with Crippen LogP contribution in [0.2, 0.25) is 0 Å². The van der Waals surface area contributed by atoms with Crippen molar-refractivity contribution in [3.8, 4) is 0 Å². The van der Waals surface area contributed by atoms with Gasteiger partial charge >= 0.3 is 0 Å². The SMILES string of the molecule is CC(NCC(C)(C)CCO)c1ccc(F)cc1. The Morgan fingerprint density at radius 1 is 1.29 bits per heavy atom. The van der Waals surface area contributed by atoms with Gasteiger partial charge in [0.25, 0.3) is 0 Å². The van der Waals surface area contributed by atoms with E-state index in [2.05, 4.69) is 26.1 Å². The fourth-order valence-corrected chi connectivity index (χ4v) is 1.69. The zero-order chi connectivity index (χ0) is 12.9. The molecule has 0 aromatic heterocycles. The number of hydrogen-bond donors (Lipinski definition) is 2. The lowest BCUT2D eigenvalue weighted by Gasteiger charge is -2.26. The van der Waals surface area contributed by atoms with Crippen LogP contribution in [0.25, 0.3) is 0 Å². The molecular formula is C14H22FNO. The van der Waals surface area contributed by atoms with Crippen LogP contribution in [0.4, 0.5) is 4.39 Å². The lowest BCUT2D eigenvalue weighted by atomic mass is 9.89. The third-order valence-electron chi connectivity index (χ3n) is 3.05. The molecule has 0 saturated heterocycles. The van der Waals surface area contributed by atoms with Gasteiger partial charge in [0.1, 0.15) is 5.82 Å².